The molecule has 20 heavy (non-hydrogen) atoms. The summed E-state index contributed by atoms with van der Waals surface area (Å²) in [6, 6.07) is 6.49. The first-order valence-electron chi connectivity index (χ1n) is 5.45. The molecule has 108 valence electrons. The Balaban J connectivity index is 2.27. The topological polar surface area (TPSA) is 37.4 Å². The van der Waals surface area contributed by atoms with Gasteiger partial charge in [-0.25, -0.2) is 8.42 Å². The van der Waals surface area contributed by atoms with Crippen molar-refractivity contribution < 1.29 is 8.42 Å². The molecule has 0 amide bonds. The van der Waals surface area contributed by atoms with Crippen molar-refractivity contribution >= 4 is 64.8 Å². The molecule has 0 spiro atoms. The van der Waals surface area contributed by atoms with Crippen LogP contribution in [-0.2, 0) is 16.6 Å². The lowest BCUT2D eigenvalue weighted by atomic mass is 10.3. The van der Waals surface area contributed by atoms with E-state index in [0.717, 1.165) is 9.35 Å². The zero-order chi connectivity index (χ0) is 14.9. The van der Waals surface area contributed by atoms with Gasteiger partial charge < -0.3 is 0 Å². The van der Waals surface area contributed by atoms with Crippen molar-refractivity contribution in [1.82, 2.24) is 4.31 Å². The number of hydrogen-bond donors (Lipinski definition) is 0. The monoisotopic (exact) mass is 457 g/mol. The van der Waals surface area contributed by atoms with Gasteiger partial charge in [0.25, 0.3) is 0 Å². The van der Waals surface area contributed by atoms with E-state index in [-0.39, 0.29) is 4.90 Å². The summed E-state index contributed by atoms with van der Waals surface area (Å²) in [5, 5.41) is 2.40. The number of thiophene rings is 1. The minimum absolute atomic E-state index is 0.213. The first kappa shape index (κ1) is 16.5. The normalized spacial score (nSPS) is 12.1. The van der Waals surface area contributed by atoms with Crippen LogP contribution in [0.4, 0.5) is 0 Å². The van der Waals surface area contributed by atoms with Crippen LogP contribution in [0.3, 0.4) is 0 Å². The van der Waals surface area contributed by atoms with Crippen LogP contribution in [0.2, 0.25) is 5.02 Å². The van der Waals surface area contributed by atoms with Gasteiger partial charge >= 0.3 is 0 Å². The molecule has 0 fully saturated rings. The molecule has 0 saturated heterocycles. The van der Waals surface area contributed by atoms with Gasteiger partial charge in [0.15, 0.2) is 0 Å². The zero-order valence-electron chi connectivity index (χ0n) is 10.3. The highest BCUT2D eigenvalue weighted by Crippen LogP contribution is 2.28. The lowest BCUT2D eigenvalue weighted by Crippen LogP contribution is -2.26. The summed E-state index contributed by atoms with van der Waals surface area (Å²) in [6.07, 6.45) is 0. The maximum Gasteiger partial charge on any atom is 0.243 e. The quantitative estimate of drug-likeness (QED) is 0.662. The van der Waals surface area contributed by atoms with Crippen LogP contribution in [0, 0.1) is 0 Å². The van der Waals surface area contributed by atoms with E-state index in [9.17, 15) is 8.42 Å². The number of nitrogens with zero attached hydrogens (tertiary/aromatic N) is 1. The van der Waals surface area contributed by atoms with Crippen LogP contribution in [0.25, 0.3) is 0 Å². The SMILES string of the molecule is CN(Cc1csc(Br)c1)S(=O)(=O)c1ccc(Cl)c(Br)c1. The Kier molecular flexibility index (Phi) is 5.31. The standard InChI is InChI=1S/C12H10Br2ClNO2S2/c1-16(6-8-4-12(14)19-7-8)20(17,18)9-2-3-11(15)10(13)5-9/h2-5,7H,6H2,1H3. The zero-order valence-corrected chi connectivity index (χ0v) is 15.9. The molecule has 0 aliphatic heterocycles. The molecular weight excluding hydrogens is 450 g/mol. The predicted molar refractivity (Wildman–Crippen MR) is 89.8 cm³/mol. The highest BCUT2D eigenvalue weighted by Gasteiger charge is 2.22. The van der Waals surface area contributed by atoms with Gasteiger partial charge in [0, 0.05) is 18.1 Å². The van der Waals surface area contributed by atoms with E-state index in [0.29, 0.717) is 16.0 Å². The third-order valence-electron chi connectivity index (χ3n) is 2.63. The Morgan fingerprint density at radius 3 is 2.55 bits per heavy atom. The lowest BCUT2D eigenvalue weighted by molar-refractivity contribution is 0.467. The van der Waals surface area contributed by atoms with Gasteiger partial charge in [0.1, 0.15) is 0 Å². The van der Waals surface area contributed by atoms with Gasteiger partial charge in [-0.2, -0.15) is 4.31 Å². The van der Waals surface area contributed by atoms with E-state index >= 15 is 0 Å². The molecule has 0 bridgehead atoms. The molecule has 1 heterocycles. The minimum atomic E-state index is -3.53. The average Bonchev–Trinajstić information content (AvgIpc) is 2.78. The lowest BCUT2D eigenvalue weighted by Gasteiger charge is -2.17. The van der Waals surface area contributed by atoms with Gasteiger partial charge in [0.05, 0.1) is 13.7 Å². The van der Waals surface area contributed by atoms with Gasteiger partial charge in [-0.3, -0.25) is 0 Å². The molecule has 0 saturated carbocycles. The highest BCUT2D eigenvalue weighted by atomic mass is 79.9. The molecule has 0 N–H and O–H groups in total. The van der Waals surface area contributed by atoms with Gasteiger partial charge in [-0.1, -0.05) is 11.6 Å². The van der Waals surface area contributed by atoms with Gasteiger partial charge in [-0.15, -0.1) is 11.3 Å². The fourth-order valence-corrected chi connectivity index (χ4v) is 4.62. The second-order valence-corrected chi connectivity index (χ2v) is 9.69. The molecule has 2 aromatic rings. The van der Waals surface area contributed by atoms with Crippen molar-refractivity contribution in [2.24, 2.45) is 0 Å². The van der Waals surface area contributed by atoms with E-state index in [1.165, 1.54) is 27.8 Å². The smallest absolute Gasteiger partial charge is 0.207 e. The molecule has 0 aliphatic rings. The van der Waals surface area contributed by atoms with Crippen molar-refractivity contribution in [3.63, 3.8) is 0 Å². The number of hydrogen-bond acceptors (Lipinski definition) is 3. The van der Waals surface area contributed by atoms with E-state index < -0.39 is 10.0 Å². The number of benzene rings is 1. The maximum atomic E-state index is 12.5. The fraction of sp³-hybridized carbons (Fsp3) is 0.167. The predicted octanol–water partition coefficient (Wildman–Crippen LogP) is 4.75. The summed E-state index contributed by atoms with van der Waals surface area (Å²) in [6.45, 7) is 0.324. The Labute approximate surface area is 143 Å². The fourth-order valence-electron chi connectivity index (χ4n) is 1.59. The molecule has 1 aromatic heterocycles. The average molecular weight is 460 g/mol. The van der Waals surface area contributed by atoms with Crippen molar-refractivity contribution in [2.45, 2.75) is 11.4 Å². The van der Waals surface area contributed by atoms with Crippen molar-refractivity contribution in [3.8, 4) is 0 Å². The second kappa shape index (κ2) is 6.46. The van der Waals surface area contributed by atoms with Crippen LogP contribution in [-0.4, -0.2) is 19.8 Å². The van der Waals surface area contributed by atoms with E-state index in [2.05, 4.69) is 31.9 Å². The van der Waals surface area contributed by atoms with Crippen LogP contribution >= 0.6 is 54.8 Å². The minimum Gasteiger partial charge on any atom is -0.207 e. The van der Waals surface area contributed by atoms with Crippen LogP contribution < -0.4 is 0 Å². The van der Waals surface area contributed by atoms with Crippen molar-refractivity contribution in [1.29, 1.82) is 0 Å². The molecule has 3 nitrogen and oxygen atoms in total. The Morgan fingerprint density at radius 1 is 1.30 bits per heavy atom. The first-order chi connectivity index (χ1) is 9.30. The summed E-state index contributed by atoms with van der Waals surface area (Å²) in [5.74, 6) is 0. The Bertz CT molecular complexity index is 731. The summed E-state index contributed by atoms with van der Waals surface area (Å²) in [7, 11) is -1.97. The molecule has 0 unspecified atom stereocenters. The summed E-state index contributed by atoms with van der Waals surface area (Å²) >= 11 is 14.0. The van der Waals surface area contributed by atoms with Crippen molar-refractivity contribution in [2.75, 3.05) is 7.05 Å². The molecule has 0 radical (unpaired) electrons. The number of rotatable bonds is 4. The van der Waals surface area contributed by atoms with Crippen LogP contribution in [0.1, 0.15) is 5.56 Å². The largest absolute Gasteiger partial charge is 0.243 e. The van der Waals surface area contributed by atoms with Crippen molar-refractivity contribution in [3.05, 3.63) is 48.5 Å². The second-order valence-electron chi connectivity index (χ2n) is 4.10. The van der Waals surface area contributed by atoms with Crippen LogP contribution in [0.15, 0.2) is 42.8 Å². The Hall–Kier alpha value is 0.0800. The van der Waals surface area contributed by atoms with E-state index in [1.807, 2.05) is 11.4 Å². The molecule has 2 rings (SSSR count). The van der Waals surface area contributed by atoms with Gasteiger partial charge in [-0.05, 0) is 67.1 Å². The third-order valence-corrected chi connectivity index (χ3v) is 7.19. The van der Waals surface area contributed by atoms with E-state index in [1.54, 1.807) is 13.1 Å². The molecular formula is C12H10Br2ClNO2S2. The summed E-state index contributed by atoms with van der Waals surface area (Å²) < 4.78 is 27.8. The number of halogens is 3. The molecule has 1 aromatic carbocycles. The maximum absolute atomic E-state index is 12.5. The molecule has 0 atom stereocenters. The molecule has 0 aliphatic carbocycles. The summed E-state index contributed by atoms with van der Waals surface area (Å²) in [4.78, 5) is 0.213. The number of sulfonamides is 1. The first-order valence-corrected chi connectivity index (χ1v) is 9.73. The Morgan fingerprint density at radius 2 is 2.00 bits per heavy atom. The van der Waals surface area contributed by atoms with Gasteiger partial charge in [0.2, 0.25) is 10.0 Å². The van der Waals surface area contributed by atoms with Crippen LogP contribution in [0.5, 0.6) is 0 Å². The highest BCUT2D eigenvalue weighted by molar-refractivity contribution is 9.11. The third kappa shape index (κ3) is 3.64. The van der Waals surface area contributed by atoms with E-state index in [4.69, 9.17) is 11.6 Å². The molecule has 8 heteroatoms. The summed E-state index contributed by atoms with van der Waals surface area (Å²) in [5.41, 5.74) is 0.945.